The Balaban J connectivity index is 0. The van der Waals surface area contributed by atoms with Gasteiger partial charge in [0.15, 0.2) is 6.54 Å². The Labute approximate surface area is 130 Å². The molecule has 0 aromatic carbocycles. The van der Waals surface area contributed by atoms with Crippen molar-refractivity contribution < 1.29 is 31.0 Å². The molecule has 0 radical (unpaired) electrons. The van der Waals surface area contributed by atoms with Crippen LogP contribution < -0.4 is 17.0 Å². The van der Waals surface area contributed by atoms with E-state index in [1.54, 1.807) is 0 Å². The van der Waals surface area contributed by atoms with Gasteiger partial charge < -0.3 is 26.2 Å². The molecule has 0 saturated heterocycles. The minimum atomic E-state index is -0.0571. The van der Waals surface area contributed by atoms with Crippen molar-refractivity contribution in [3.05, 3.63) is 0 Å². The van der Waals surface area contributed by atoms with Gasteiger partial charge in [0.25, 0.3) is 0 Å². The average molecular weight is 338 g/mol. The standard InChI is InChI=1S/C15H32NO2.BrH/c1-5-8-11-16(12-9-6-2,13-10-7-3)14-15(17)18-4;/h5-14H2,1-4H3;1H/q+1;/p-1. The molecule has 4 heteroatoms. The first-order valence-corrected chi connectivity index (χ1v) is 7.56. The molecule has 0 N–H and O–H groups in total. The molecule has 0 rings (SSSR count). The van der Waals surface area contributed by atoms with Crippen molar-refractivity contribution in [3.63, 3.8) is 0 Å². The van der Waals surface area contributed by atoms with Crippen LogP contribution in [0.2, 0.25) is 0 Å². The van der Waals surface area contributed by atoms with Gasteiger partial charge in [-0.05, 0) is 19.3 Å². The van der Waals surface area contributed by atoms with E-state index in [2.05, 4.69) is 20.8 Å². The molecule has 0 atom stereocenters. The second-order valence-electron chi connectivity index (χ2n) is 5.31. The van der Waals surface area contributed by atoms with E-state index < -0.39 is 0 Å². The zero-order chi connectivity index (χ0) is 13.9. The largest absolute Gasteiger partial charge is 1.00 e. The second kappa shape index (κ2) is 12.9. The first-order chi connectivity index (χ1) is 8.64. The number of carbonyl (C=O) groups is 1. The lowest BCUT2D eigenvalue weighted by Gasteiger charge is -2.38. The monoisotopic (exact) mass is 337 g/mol. The summed E-state index contributed by atoms with van der Waals surface area (Å²) in [7, 11) is 1.50. The quantitative estimate of drug-likeness (QED) is 0.402. The van der Waals surface area contributed by atoms with Crippen LogP contribution in [0.5, 0.6) is 0 Å². The molecule has 116 valence electrons. The smallest absolute Gasteiger partial charge is 0.361 e. The third kappa shape index (κ3) is 9.44. The molecule has 19 heavy (non-hydrogen) atoms. The number of hydrogen-bond donors (Lipinski definition) is 0. The van der Waals surface area contributed by atoms with E-state index in [1.807, 2.05) is 0 Å². The number of quaternary nitrogens is 1. The van der Waals surface area contributed by atoms with Crippen LogP contribution >= 0.6 is 0 Å². The Kier molecular flexibility index (Phi) is 14.4. The minimum Gasteiger partial charge on any atom is -1.00 e. The highest BCUT2D eigenvalue weighted by molar-refractivity contribution is 5.70. The second-order valence-corrected chi connectivity index (χ2v) is 5.31. The number of rotatable bonds is 11. The van der Waals surface area contributed by atoms with Gasteiger partial charge in [0.2, 0.25) is 0 Å². The van der Waals surface area contributed by atoms with E-state index in [-0.39, 0.29) is 23.0 Å². The highest BCUT2D eigenvalue weighted by atomic mass is 79.9. The lowest BCUT2D eigenvalue weighted by molar-refractivity contribution is -0.922. The molecular weight excluding hydrogens is 306 g/mol. The van der Waals surface area contributed by atoms with E-state index in [4.69, 9.17) is 4.74 Å². The zero-order valence-corrected chi connectivity index (χ0v) is 14.8. The lowest BCUT2D eigenvalue weighted by Crippen LogP contribution is -3.00. The predicted octanol–water partition coefficient (Wildman–Crippen LogP) is 0.381. The average Bonchev–Trinajstić information content (AvgIpc) is 2.40. The SMILES string of the molecule is CCCC[N+](CCCC)(CCCC)CC(=O)OC.[Br-]. The first-order valence-electron chi connectivity index (χ1n) is 7.56. The van der Waals surface area contributed by atoms with Crippen molar-refractivity contribution in [1.29, 1.82) is 0 Å². The van der Waals surface area contributed by atoms with Gasteiger partial charge in [-0.3, -0.25) is 0 Å². The summed E-state index contributed by atoms with van der Waals surface area (Å²) in [4.78, 5) is 11.7. The highest BCUT2D eigenvalue weighted by Crippen LogP contribution is 2.15. The zero-order valence-electron chi connectivity index (χ0n) is 13.2. The summed E-state index contributed by atoms with van der Waals surface area (Å²) in [6.45, 7) is 10.5. The summed E-state index contributed by atoms with van der Waals surface area (Å²) in [5.74, 6) is -0.0571. The van der Waals surface area contributed by atoms with E-state index in [0.29, 0.717) is 6.54 Å². The van der Waals surface area contributed by atoms with Crippen molar-refractivity contribution in [2.45, 2.75) is 59.3 Å². The van der Waals surface area contributed by atoms with Gasteiger partial charge in [-0.1, -0.05) is 40.0 Å². The van der Waals surface area contributed by atoms with Crippen LogP contribution in [0.1, 0.15) is 59.3 Å². The van der Waals surface area contributed by atoms with Crippen molar-refractivity contribution in [2.24, 2.45) is 0 Å². The minimum absolute atomic E-state index is 0. The fourth-order valence-electron chi connectivity index (χ4n) is 2.39. The molecular formula is C15H32BrNO2. The summed E-state index contributed by atoms with van der Waals surface area (Å²) in [6, 6.07) is 0. The Morgan fingerprint density at radius 2 is 1.26 bits per heavy atom. The van der Waals surface area contributed by atoms with Gasteiger partial charge in [-0.2, -0.15) is 0 Å². The van der Waals surface area contributed by atoms with Crippen LogP contribution in [0.25, 0.3) is 0 Å². The van der Waals surface area contributed by atoms with Crippen LogP contribution in [0, 0.1) is 0 Å². The number of unbranched alkanes of at least 4 members (excludes halogenated alkanes) is 3. The maximum Gasteiger partial charge on any atom is 0.361 e. The number of methoxy groups -OCH3 is 1. The van der Waals surface area contributed by atoms with Crippen molar-refractivity contribution in [1.82, 2.24) is 0 Å². The molecule has 0 amide bonds. The van der Waals surface area contributed by atoms with Crippen LogP contribution in [0.15, 0.2) is 0 Å². The van der Waals surface area contributed by atoms with Gasteiger partial charge in [-0.15, -0.1) is 0 Å². The highest BCUT2D eigenvalue weighted by Gasteiger charge is 2.29. The van der Waals surface area contributed by atoms with Crippen LogP contribution in [-0.2, 0) is 9.53 Å². The summed E-state index contributed by atoms with van der Waals surface area (Å²) >= 11 is 0. The summed E-state index contributed by atoms with van der Waals surface area (Å²) in [5.41, 5.74) is 0. The molecule has 0 aliphatic heterocycles. The molecule has 0 aromatic rings. The van der Waals surface area contributed by atoms with Crippen LogP contribution in [0.3, 0.4) is 0 Å². The number of carbonyl (C=O) groups excluding carboxylic acids is 1. The van der Waals surface area contributed by atoms with Crippen LogP contribution in [-0.4, -0.2) is 43.7 Å². The van der Waals surface area contributed by atoms with Crippen molar-refractivity contribution in [2.75, 3.05) is 33.3 Å². The normalized spacial score (nSPS) is 10.9. The third-order valence-corrected chi connectivity index (χ3v) is 3.65. The van der Waals surface area contributed by atoms with Gasteiger partial charge in [0.05, 0.1) is 26.7 Å². The van der Waals surface area contributed by atoms with E-state index in [9.17, 15) is 4.79 Å². The maximum absolute atomic E-state index is 11.7. The topological polar surface area (TPSA) is 26.3 Å². The molecule has 0 aromatic heterocycles. The molecule has 0 saturated carbocycles. The fraction of sp³-hybridized carbons (Fsp3) is 0.933. The Bertz CT molecular complexity index is 200. The number of hydrogen-bond acceptors (Lipinski definition) is 2. The van der Waals surface area contributed by atoms with Crippen molar-refractivity contribution in [3.8, 4) is 0 Å². The number of esters is 1. The Hall–Kier alpha value is -0.0900. The van der Waals surface area contributed by atoms with Gasteiger partial charge in [0, 0.05) is 0 Å². The van der Waals surface area contributed by atoms with Crippen LogP contribution in [0.4, 0.5) is 0 Å². The van der Waals surface area contributed by atoms with E-state index in [1.165, 1.54) is 45.6 Å². The molecule has 0 aliphatic carbocycles. The molecule has 0 bridgehead atoms. The third-order valence-electron chi connectivity index (χ3n) is 3.65. The number of nitrogens with zero attached hydrogens (tertiary/aromatic N) is 1. The predicted molar refractivity (Wildman–Crippen MR) is 76.5 cm³/mol. The van der Waals surface area contributed by atoms with E-state index in [0.717, 1.165) is 24.1 Å². The van der Waals surface area contributed by atoms with Gasteiger partial charge in [-0.25, -0.2) is 4.79 Å². The maximum atomic E-state index is 11.7. The molecule has 0 fully saturated rings. The number of halogens is 1. The fourth-order valence-corrected chi connectivity index (χ4v) is 2.39. The van der Waals surface area contributed by atoms with E-state index >= 15 is 0 Å². The first kappa shape index (κ1) is 21.2. The summed E-state index contributed by atoms with van der Waals surface area (Å²) in [6.07, 6.45) is 7.18. The van der Waals surface area contributed by atoms with Crippen molar-refractivity contribution >= 4 is 5.97 Å². The molecule has 0 aliphatic rings. The molecule has 0 spiro atoms. The Morgan fingerprint density at radius 3 is 1.53 bits per heavy atom. The van der Waals surface area contributed by atoms with Gasteiger partial charge >= 0.3 is 5.97 Å². The molecule has 0 unspecified atom stereocenters. The summed E-state index contributed by atoms with van der Waals surface area (Å²) in [5, 5.41) is 0. The molecule has 0 heterocycles. The summed E-state index contributed by atoms with van der Waals surface area (Å²) < 4.78 is 5.82. The molecule has 3 nitrogen and oxygen atoms in total. The number of ether oxygens (including phenoxy) is 1. The lowest BCUT2D eigenvalue weighted by atomic mass is 10.1. The Morgan fingerprint density at radius 1 is 0.895 bits per heavy atom. The van der Waals surface area contributed by atoms with Gasteiger partial charge in [0.1, 0.15) is 0 Å².